The highest BCUT2D eigenvalue weighted by atomic mass is 79.9. The van der Waals surface area contributed by atoms with Crippen LogP contribution in [0.1, 0.15) is 48.7 Å². The van der Waals surface area contributed by atoms with Crippen LogP contribution in [0.25, 0.3) is 21.8 Å². The molecule has 0 saturated heterocycles. The maximum atomic E-state index is 13.3. The highest BCUT2D eigenvalue weighted by Crippen LogP contribution is 2.41. The van der Waals surface area contributed by atoms with Gasteiger partial charge in [0.2, 0.25) is 0 Å². The molecule has 0 N–H and O–H groups in total. The summed E-state index contributed by atoms with van der Waals surface area (Å²) in [6.07, 6.45) is 1.02. The molecule has 0 unspecified atom stereocenters. The number of ketones is 1. The lowest BCUT2D eigenvalue weighted by Gasteiger charge is -2.10. The average Bonchev–Trinajstić information content (AvgIpc) is 3.39. The smallest absolute Gasteiger partial charge is 0.331 e. The molecule has 0 aliphatic carbocycles. The normalized spacial score (nSPS) is 14.0. The van der Waals surface area contributed by atoms with Crippen LogP contribution in [-0.4, -0.2) is 28.6 Å². The Morgan fingerprint density at radius 3 is 2.49 bits per heavy atom. The van der Waals surface area contributed by atoms with Crippen LogP contribution in [0.5, 0.6) is 5.75 Å². The van der Waals surface area contributed by atoms with Gasteiger partial charge >= 0.3 is 5.97 Å². The first-order valence-electron chi connectivity index (χ1n) is 11.6. The average molecular weight is 533 g/mol. The summed E-state index contributed by atoms with van der Waals surface area (Å²) in [5.74, 6) is 0.741. The molecule has 0 bridgehead atoms. The van der Waals surface area contributed by atoms with Gasteiger partial charge in [0.25, 0.3) is 0 Å². The second-order valence-electron chi connectivity index (χ2n) is 9.15. The molecule has 1 aliphatic heterocycles. The Balaban J connectivity index is 1.70. The monoisotopic (exact) mass is 532 g/mol. The molecule has 0 atom stereocenters. The van der Waals surface area contributed by atoms with Gasteiger partial charge in [-0.2, -0.15) is 0 Å². The van der Waals surface area contributed by atoms with E-state index in [0.29, 0.717) is 28.5 Å². The first-order chi connectivity index (χ1) is 16.8. The van der Waals surface area contributed by atoms with Crippen molar-refractivity contribution in [1.29, 1.82) is 0 Å². The van der Waals surface area contributed by atoms with Gasteiger partial charge < -0.3 is 14.1 Å². The van der Waals surface area contributed by atoms with Gasteiger partial charge in [-0.1, -0.05) is 34.9 Å². The van der Waals surface area contributed by atoms with E-state index >= 15 is 0 Å². The minimum atomic E-state index is -0.478. The number of aromatic nitrogens is 1. The van der Waals surface area contributed by atoms with Gasteiger partial charge in [-0.3, -0.25) is 4.79 Å². The lowest BCUT2D eigenvalue weighted by Crippen LogP contribution is -2.05. The lowest BCUT2D eigenvalue weighted by molar-refractivity contribution is -0.140. The standard InChI is InChI=1S/C28H25BrN2O4/c1-16(2)12-13-31-24-10-6-19(27(33)18-4-7-20(29)8-5-18)14-22(24)26-25(31)11-9-21-23(15-34-28(21)26)30-35-17(3)32/h4-11,14,16H,12-13,15H2,1-3H3/b30-23+. The van der Waals surface area contributed by atoms with Crippen molar-refractivity contribution in [3.05, 3.63) is 75.8 Å². The largest absolute Gasteiger partial charge is 0.486 e. The lowest BCUT2D eigenvalue weighted by atomic mass is 10.00. The molecular weight excluding hydrogens is 508 g/mol. The van der Waals surface area contributed by atoms with E-state index in [2.05, 4.69) is 45.6 Å². The zero-order valence-electron chi connectivity index (χ0n) is 19.8. The third-order valence-corrected chi connectivity index (χ3v) is 6.76. The number of benzene rings is 3. The topological polar surface area (TPSA) is 69.9 Å². The van der Waals surface area contributed by atoms with Crippen LogP contribution in [0.3, 0.4) is 0 Å². The summed E-state index contributed by atoms with van der Waals surface area (Å²) < 4.78 is 9.30. The first kappa shape index (κ1) is 23.3. The van der Waals surface area contributed by atoms with E-state index < -0.39 is 5.97 Å². The summed E-state index contributed by atoms with van der Waals surface area (Å²) >= 11 is 3.43. The zero-order valence-corrected chi connectivity index (χ0v) is 21.4. The molecule has 0 spiro atoms. The number of rotatable bonds is 6. The Bertz CT molecular complexity index is 1500. The number of aryl methyl sites for hydroxylation is 1. The fourth-order valence-electron chi connectivity index (χ4n) is 4.49. The summed E-state index contributed by atoms with van der Waals surface area (Å²) in [6, 6.07) is 17.3. The Morgan fingerprint density at radius 1 is 1.06 bits per heavy atom. The summed E-state index contributed by atoms with van der Waals surface area (Å²) in [5.41, 5.74) is 4.71. The van der Waals surface area contributed by atoms with Gasteiger partial charge in [-0.05, 0) is 66.9 Å². The van der Waals surface area contributed by atoms with Gasteiger partial charge in [0.1, 0.15) is 18.1 Å². The fraction of sp³-hybridized carbons (Fsp3) is 0.250. The predicted octanol–water partition coefficient (Wildman–Crippen LogP) is 6.49. The maximum Gasteiger partial charge on any atom is 0.331 e. The van der Waals surface area contributed by atoms with E-state index in [0.717, 1.165) is 44.8 Å². The zero-order chi connectivity index (χ0) is 24.7. The number of ether oxygens (including phenoxy) is 1. The molecule has 6 nitrogen and oxygen atoms in total. The third kappa shape index (κ3) is 4.36. The molecule has 2 heterocycles. The molecule has 0 amide bonds. The second-order valence-corrected chi connectivity index (χ2v) is 10.1. The molecule has 1 aromatic heterocycles. The minimum Gasteiger partial charge on any atom is -0.486 e. The summed E-state index contributed by atoms with van der Waals surface area (Å²) in [5, 5.41) is 5.89. The van der Waals surface area contributed by atoms with Crippen LogP contribution in [-0.2, 0) is 16.2 Å². The Labute approximate surface area is 211 Å². The van der Waals surface area contributed by atoms with E-state index in [1.54, 1.807) is 0 Å². The number of nitrogens with zero attached hydrogens (tertiary/aromatic N) is 2. The van der Waals surface area contributed by atoms with Gasteiger partial charge in [-0.25, -0.2) is 4.79 Å². The molecule has 0 fully saturated rings. The SMILES string of the molecule is CC(=O)O/N=C1\COc2c1ccc1c2c2cc(C(=O)c3ccc(Br)cc3)ccc2n1CCC(C)C. The van der Waals surface area contributed by atoms with Gasteiger partial charge in [0.05, 0.1) is 10.9 Å². The molecule has 178 valence electrons. The summed E-state index contributed by atoms with van der Waals surface area (Å²) in [6.45, 7) is 6.81. The van der Waals surface area contributed by atoms with Crippen LogP contribution in [0.15, 0.2) is 64.2 Å². The Kier molecular flexibility index (Phi) is 6.19. The molecule has 35 heavy (non-hydrogen) atoms. The third-order valence-electron chi connectivity index (χ3n) is 6.23. The number of oxime groups is 1. The molecule has 0 radical (unpaired) electrons. The molecule has 0 saturated carbocycles. The second kappa shape index (κ2) is 9.30. The summed E-state index contributed by atoms with van der Waals surface area (Å²) in [7, 11) is 0. The van der Waals surface area contributed by atoms with Crippen molar-refractivity contribution in [3.63, 3.8) is 0 Å². The van der Waals surface area contributed by atoms with Crippen LogP contribution in [0, 0.1) is 5.92 Å². The molecular formula is C28H25BrN2O4. The first-order valence-corrected chi connectivity index (χ1v) is 12.4. The van der Waals surface area contributed by atoms with Crippen molar-refractivity contribution < 1.29 is 19.2 Å². The number of hydrogen-bond acceptors (Lipinski definition) is 5. The van der Waals surface area contributed by atoms with Crippen molar-refractivity contribution in [2.75, 3.05) is 6.61 Å². The molecule has 1 aliphatic rings. The number of carbonyl (C=O) groups excluding carboxylic acids is 2. The van der Waals surface area contributed by atoms with Gasteiger partial charge in [-0.15, -0.1) is 0 Å². The maximum absolute atomic E-state index is 13.3. The molecule has 4 aromatic rings. The van der Waals surface area contributed by atoms with E-state index in [9.17, 15) is 9.59 Å². The minimum absolute atomic E-state index is 0.0342. The number of hydrogen-bond donors (Lipinski definition) is 0. The number of carbonyl (C=O) groups is 2. The highest BCUT2D eigenvalue weighted by molar-refractivity contribution is 9.10. The van der Waals surface area contributed by atoms with E-state index in [4.69, 9.17) is 9.57 Å². The molecule has 5 rings (SSSR count). The van der Waals surface area contributed by atoms with Crippen molar-refractivity contribution in [1.82, 2.24) is 4.57 Å². The highest BCUT2D eigenvalue weighted by Gasteiger charge is 2.27. The van der Waals surface area contributed by atoms with Crippen molar-refractivity contribution in [3.8, 4) is 5.75 Å². The number of fused-ring (bicyclic) bond motifs is 5. The van der Waals surface area contributed by atoms with Crippen LogP contribution in [0.4, 0.5) is 0 Å². The van der Waals surface area contributed by atoms with Crippen LogP contribution >= 0.6 is 15.9 Å². The van der Waals surface area contributed by atoms with Crippen LogP contribution in [0.2, 0.25) is 0 Å². The molecule has 3 aromatic carbocycles. The Morgan fingerprint density at radius 2 is 1.77 bits per heavy atom. The predicted molar refractivity (Wildman–Crippen MR) is 140 cm³/mol. The van der Waals surface area contributed by atoms with Crippen molar-refractivity contribution >= 4 is 55.2 Å². The Hall–Kier alpha value is -3.45. The van der Waals surface area contributed by atoms with E-state index in [-0.39, 0.29) is 12.4 Å². The van der Waals surface area contributed by atoms with Crippen molar-refractivity contribution in [2.24, 2.45) is 11.1 Å². The number of halogens is 1. The molecule has 7 heteroatoms. The quantitative estimate of drug-likeness (QED) is 0.161. The van der Waals surface area contributed by atoms with Crippen molar-refractivity contribution in [2.45, 2.75) is 33.7 Å². The van der Waals surface area contributed by atoms with E-state index in [1.165, 1.54) is 6.92 Å². The van der Waals surface area contributed by atoms with Gasteiger partial charge in [0, 0.05) is 45.5 Å². The van der Waals surface area contributed by atoms with Gasteiger partial charge in [0.15, 0.2) is 5.78 Å². The van der Waals surface area contributed by atoms with Crippen LogP contribution < -0.4 is 4.74 Å². The summed E-state index contributed by atoms with van der Waals surface area (Å²) in [4.78, 5) is 29.4. The fourth-order valence-corrected chi connectivity index (χ4v) is 4.75. The van der Waals surface area contributed by atoms with E-state index in [1.807, 2.05) is 48.5 Å².